The number of aliphatic hydroxyl groups is 1. The normalized spacial score (nSPS) is 15.4. The van der Waals surface area contributed by atoms with Crippen molar-refractivity contribution in [1.29, 1.82) is 0 Å². The summed E-state index contributed by atoms with van der Waals surface area (Å²) >= 11 is 0. The fourth-order valence-corrected chi connectivity index (χ4v) is 7.38. The number of phenolic OH excluding ortho intramolecular Hbond substituents is 1. The molecule has 61 heavy (non-hydrogen) atoms. The van der Waals surface area contributed by atoms with E-state index in [1.54, 1.807) is 13.1 Å². The Labute approximate surface area is 361 Å². The van der Waals surface area contributed by atoms with Crippen molar-refractivity contribution >= 4 is 42.0 Å². The summed E-state index contributed by atoms with van der Waals surface area (Å²) in [5, 5.41) is 39.5. The molecule has 4 aromatic rings. The van der Waals surface area contributed by atoms with E-state index in [4.69, 9.17) is 14.6 Å². The number of likely N-dealkylation sites (N-methyl/N-ethyl adjacent to an activating group) is 1. The van der Waals surface area contributed by atoms with Crippen LogP contribution in [0.5, 0.6) is 11.5 Å². The van der Waals surface area contributed by atoms with E-state index in [9.17, 15) is 24.6 Å². The van der Waals surface area contributed by atoms with E-state index in [2.05, 4.69) is 68.6 Å². The molecule has 1 saturated carbocycles. The lowest BCUT2D eigenvalue weighted by atomic mass is 10.0. The third-order valence-electron chi connectivity index (χ3n) is 10.1. The zero-order valence-corrected chi connectivity index (χ0v) is 35.2. The molecule has 1 amide bonds. The molecule has 6 rings (SSSR count). The van der Waals surface area contributed by atoms with Crippen LogP contribution in [0.3, 0.4) is 0 Å². The van der Waals surface area contributed by atoms with Crippen LogP contribution in [0.4, 0.5) is 17.1 Å². The van der Waals surface area contributed by atoms with Gasteiger partial charge < -0.3 is 55.9 Å². The second-order valence-corrected chi connectivity index (χ2v) is 14.8. The molecule has 332 valence electrons. The Morgan fingerprint density at radius 2 is 1.52 bits per heavy atom. The number of nitrogens with zero attached hydrogens (tertiary/aromatic N) is 1. The number of nitrogens with one attached hydrogen (secondary N) is 5. The molecule has 2 fully saturated rings. The van der Waals surface area contributed by atoms with Crippen molar-refractivity contribution < 1.29 is 44.1 Å². The van der Waals surface area contributed by atoms with Crippen molar-refractivity contribution in [1.82, 2.24) is 10.2 Å². The summed E-state index contributed by atoms with van der Waals surface area (Å²) in [6, 6.07) is 29.2. The van der Waals surface area contributed by atoms with Gasteiger partial charge in [0.25, 0.3) is 12.4 Å². The number of hydrogen-bond acceptors (Lipinski definition) is 11. The van der Waals surface area contributed by atoms with Crippen LogP contribution >= 0.6 is 0 Å². The van der Waals surface area contributed by atoms with E-state index in [1.165, 1.54) is 55.2 Å². The molecule has 0 radical (unpaired) electrons. The molecule has 14 heteroatoms. The maximum Gasteiger partial charge on any atom is 0.290 e. The van der Waals surface area contributed by atoms with Crippen molar-refractivity contribution in [3.8, 4) is 22.6 Å². The van der Waals surface area contributed by atoms with Gasteiger partial charge in [-0.1, -0.05) is 74.5 Å². The number of rotatable bonds is 17. The van der Waals surface area contributed by atoms with E-state index in [-0.39, 0.29) is 44.5 Å². The molecule has 3 unspecified atom stereocenters. The van der Waals surface area contributed by atoms with E-state index >= 15 is 0 Å². The van der Waals surface area contributed by atoms with Gasteiger partial charge in [0, 0.05) is 75.7 Å². The SMILES string of the molecule is C.CNc1c(O)ccc(C(O)CNCc2ccc(NC(=O)C[NH+](C)C)cc2)c1OCC=O.CNc1ccccc1-c1ccccc1.O=CCCN1CC2CCCC2C1.O=CO. The molecule has 1 aliphatic heterocycles. The Morgan fingerprint density at radius 1 is 0.885 bits per heavy atom. The predicted octanol–water partition coefficient (Wildman–Crippen LogP) is 4.96. The van der Waals surface area contributed by atoms with Crippen LogP contribution in [-0.4, -0.2) is 113 Å². The summed E-state index contributed by atoms with van der Waals surface area (Å²) < 4.78 is 5.43. The number of phenols is 1. The van der Waals surface area contributed by atoms with Gasteiger partial charge >= 0.3 is 0 Å². The van der Waals surface area contributed by atoms with Crippen LogP contribution in [0, 0.1) is 11.8 Å². The highest BCUT2D eigenvalue weighted by atomic mass is 16.5. The predicted molar refractivity (Wildman–Crippen MR) is 243 cm³/mol. The van der Waals surface area contributed by atoms with Crippen molar-refractivity contribution in [2.75, 3.05) is 83.5 Å². The summed E-state index contributed by atoms with van der Waals surface area (Å²) in [6.07, 6.45) is 5.75. The number of amides is 1. The molecule has 1 aliphatic carbocycles. The maximum absolute atomic E-state index is 11.8. The topological polar surface area (TPSA) is 194 Å². The van der Waals surface area contributed by atoms with E-state index in [0.717, 1.165) is 47.2 Å². The molecule has 14 nitrogen and oxygen atoms in total. The van der Waals surface area contributed by atoms with E-state index < -0.39 is 6.10 Å². The number of para-hydroxylation sites is 1. The van der Waals surface area contributed by atoms with Gasteiger partial charge in [-0.3, -0.25) is 14.4 Å². The molecule has 1 saturated heterocycles. The summed E-state index contributed by atoms with van der Waals surface area (Å²) in [5.74, 6) is 2.10. The second-order valence-electron chi connectivity index (χ2n) is 14.8. The quantitative estimate of drug-likeness (QED) is 0.0528. The first-order valence-corrected chi connectivity index (χ1v) is 20.3. The number of quaternary nitrogens is 1. The summed E-state index contributed by atoms with van der Waals surface area (Å²) in [6.45, 7) is 4.22. The van der Waals surface area contributed by atoms with Crippen molar-refractivity contribution in [3.05, 3.63) is 102 Å². The monoisotopic (exact) mass is 844 g/mol. The minimum absolute atomic E-state index is 0. The first kappa shape index (κ1) is 51.3. The molecule has 3 atom stereocenters. The van der Waals surface area contributed by atoms with Gasteiger partial charge in [0.1, 0.15) is 24.3 Å². The molecular weight excluding hydrogens is 777 g/mol. The van der Waals surface area contributed by atoms with E-state index in [0.29, 0.717) is 30.6 Å². The summed E-state index contributed by atoms with van der Waals surface area (Å²) in [7, 11) is 7.39. The Balaban J connectivity index is 0.000000348. The highest BCUT2D eigenvalue weighted by Gasteiger charge is 2.35. The average molecular weight is 844 g/mol. The van der Waals surface area contributed by atoms with Gasteiger partial charge in [0.2, 0.25) is 0 Å². The molecule has 1 heterocycles. The molecular formula is C47H67N6O8+. The molecule has 2 aliphatic rings. The lowest BCUT2D eigenvalue weighted by Crippen LogP contribution is -3.06. The van der Waals surface area contributed by atoms with Crippen LogP contribution in [0.15, 0.2) is 91.0 Å². The van der Waals surface area contributed by atoms with Crippen molar-refractivity contribution in [2.45, 2.75) is 45.8 Å². The van der Waals surface area contributed by atoms with Crippen LogP contribution in [0.25, 0.3) is 11.1 Å². The van der Waals surface area contributed by atoms with E-state index in [1.807, 2.05) is 57.5 Å². The third-order valence-corrected chi connectivity index (χ3v) is 10.1. The minimum atomic E-state index is -0.915. The number of benzene rings is 4. The highest BCUT2D eigenvalue weighted by Crippen LogP contribution is 2.40. The van der Waals surface area contributed by atoms with Gasteiger partial charge in [-0.25, -0.2) is 0 Å². The number of likely N-dealkylation sites (tertiary alicyclic amines) is 1. The maximum atomic E-state index is 11.8. The smallest absolute Gasteiger partial charge is 0.290 e. The van der Waals surface area contributed by atoms with Gasteiger partial charge in [0.05, 0.1) is 20.2 Å². The number of ether oxygens (including phenoxy) is 1. The molecule has 0 aromatic heterocycles. The van der Waals surface area contributed by atoms with Gasteiger partial charge in [-0.2, -0.15) is 0 Å². The number of carbonyl (C=O) groups excluding carboxylic acids is 3. The highest BCUT2D eigenvalue weighted by molar-refractivity contribution is 5.91. The molecule has 4 aromatic carbocycles. The summed E-state index contributed by atoms with van der Waals surface area (Å²) in [5.41, 5.74) is 6.15. The number of aromatic hydroxyl groups is 1. The first-order chi connectivity index (χ1) is 29.1. The lowest BCUT2D eigenvalue weighted by Gasteiger charge is -2.19. The fraction of sp³-hybridized carbons (Fsp3) is 0.404. The van der Waals surface area contributed by atoms with Crippen LogP contribution < -0.4 is 30.9 Å². The van der Waals surface area contributed by atoms with Gasteiger partial charge in [-0.15, -0.1) is 0 Å². The van der Waals surface area contributed by atoms with Gasteiger partial charge in [0.15, 0.2) is 18.6 Å². The number of carboxylic acid groups (broad SMARTS) is 1. The third kappa shape index (κ3) is 17.4. The standard InChI is InChI=1S/C22H30N4O5.C13H13N.C10H17NO.CH2O2.CH4/c1-23-21-18(28)9-8-17(22(21)31-11-10-27)19(29)13-24-12-15-4-6-16(7-5-15)25-20(30)14-26(2)3;1-14-13-10-6-5-9-12(13)11-7-3-2-4-8-11;12-6-2-5-11-7-9-3-1-4-10(9)8-11;2-1-3;/h4-10,19,23-24,28-29H,11-14H2,1-3H3,(H,25,30);2-10,14H,1H3;6,9-10H,1-5,7-8H2;1H,(H,2,3);1H4/p+1. The van der Waals surface area contributed by atoms with Gasteiger partial charge in [-0.05, 0) is 66.1 Å². The largest absolute Gasteiger partial charge is 0.506 e. The Hall–Kier alpha value is -5.80. The summed E-state index contributed by atoms with van der Waals surface area (Å²) in [4.78, 5) is 44.6. The number of hydrogen-bond donors (Lipinski definition) is 8. The molecule has 0 bridgehead atoms. The Bertz CT molecular complexity index is 1870. The van der Waals surface area contributed by atoms with Crippen LogP contribution in [0.2, 0.25) is 0 Å². The minimum Gasteiger partial charge on any atom is -0.506 e. The number of aldehydes is 2. The Morgan fingerprint density at radius 3 is 2.11 bits per heavy atom. The Kier molecular flexibility index (Phi) is 24.1. The fourth-order valence-electron chi connectivity index (χ4n) is 7.38. The van der Waals surface area contributed by atoms with Crippen LogP contribution in [0.1, 0.15) is 50.3 Å². The first-order valence-electron chi connectivity index (χ1n) is 20.3. The van der Waals surface area contributed by atoms with Crippen LogP contribution in [-0.2, 0) is 25.7 Å². The van der Waals surface area contributed by atoms with Crippen molar-refractivity contribution in [2.24, 2.45) is 11.8 Å². The molecule has 0 spiro atoms. The number of anilines is 3. The molecule has 8 N–H and O–H groups in total. The second kappa shape index (κ2) is 28.6. The average Bonchev–Trinajstić information content (AvgIpc) is 3.86. The zero-order valence-electron chi connectivity index (χ0n) is 35.2. The number of aliphatic hydroxyl groups excluding tert-OH is 1. The number of fused-ring (bicyclic) bond motifs is 1. The zero-order chi connectivity index (χ0) is 43.7. The lowest BCUT2D eigenvalue weighted by molar-refractivity contribution is -0.849. The van der Waals surface area contributed by atoms with Crippen molar-refractivity contribution in [3.63, 3.8) is 0 Å². The number of carbonyl (C=O) groups is 4.